The molecular formula is C13H15NO6S. The molecule has 5 atom stereocenters. The molecule has 0 radical (unpaired) electrons. The highest BCUT2D eigenvalue weighted by Gasteiger charge is 2.44. The van der Waals surface area contributed by atoms with Gasteiger partial charge in [0.05, 0.1) is 17.5 Å². The van der Waals surface area contributed by atoms with Gasteiger partial charge in [0, 0.05) is 0 Å². The molecule has 0 amide bonds. The first-order chi connectivity index (χ1) is 10.1. The van der Waals surface area contributed by atoms with Gasteiger partial charge in [-0.05, 0) is 36.5 Å². The molecule has 2 rings (SSSR count). The lowest BCUT2D eigenvalue weighted by molar-refractivity contribution is -0.277. The molecule has 1 aromatic rings. The van der Waals surface area contributed by atoms with Gasteiger partial charge < -0.3 is 29.9 Å². The highest BCUT2D eigenvalue weighted by Crippen LogP contribution is 2.25. The lowest BCUT2D eigenvalue weighted by Gasteiger charge is -2.39. The number of ether oxygens (including phenoxy) is 2. The predicted molar refractivity (Wildman–Crippen MR) is 75.5 cm³/mol. The van der Waals surface area contributed by atoms with Crippen molar-refractivity contribution in [2.24, 2.45) is 4.99 Å². The predicted octanol–water partition coefficient (Wildman–Crippen LogP) is -0.400. The third-order valence-electron chi connectivity index (χ3n) is 3.11. The highest BCUT2D eigenvalue weighted by molar-refractivity contribution is 7.78. The van der Waals surface area contributed by atoms with Crippen LogP contribution in [0.25, 0.3) is 0 Å². The fourth-order valence-corrected chi connectivity index (χ4v) is 2.06. The molecule has 1 aromatic carbocycles. The molecular weight excluding hydrogens is 298 g/mol. The van der Waals surface area contributed by atoms with Crippen molar-refractivity contribution in [3.63, 3.8) is 0 Å². The van der Waals surface area contributed by atoms with Crippen LogP contribution in [0.1, 0.15) is 0 Å². The normalized spacial score (nSPS) is 32.3. The van der Waals surface area contributed by atoms with Crippen molar-refractivity contribution in [1.82, 2.24) is 0 Å². The van der Waals surface area contributed by atoms with Crippen LogP contribution in [0.3, 0.4) is 0 Å². The summed E-state index contributed by atoms with van der Waals surface area (Å²) in [6.07, 6.45) is -6.54. The Morgan fingerprint density at radius 3 is 2.38 bits per heavy atom. The number of aliphatic imine (C=N–C) groups is 1. The molecule has 1 aliphatic heterocycles. The summed E-state index contributed by atoms with van der Waals surface area (Å²) in [6.45, 7) is -0.507. The third kappa shape index (κ3) is 3.63. The topological polar surface area (TPSA) is 112 Å². The molecule has 0 aliphatic carbocycles. The average molecular weight is 313 g/mol. The van der Waals surface area contributed by atoms with Crippen LogP contribution in [0.5, 0.6) is 5.75 Å². The van der Waals surface area contributed by atoms with E-state index in [1.165, 1.54) is 0 Å². The molecule has 4 N–H and O–H groups in total. The molecule has 1 aliphatic rings. The van der Waals surface area contributed by atoms with E-state index in [1.54, 1.807) is 24.3 Å². The van der Waals surface area contributed by atoms with E-state index in [9.17, 15) is 15.3 Å². The van der Waals surface area contributed by atoms with Crippen LogP contribution >= 0.6 is 12.2 Å². The van der Waals surface area contributed by atoms with Gasteiger partial charge in [0.1, 0.15) is 30.2 Å². The molecule has 0 saturated carbocycles. The van der Waals surface area contributed by atoms with Crippen molar-refractivity contribution in [3.05, 3.63) is 24.3 Å². The first kappa shape index (κ1) is 16.0. The van der Waals surface area contributed by atoms with Gasteiger partial charge in [0.15, 0.2) is 0 Å². The lowest BCUT2D eigenvalue weighted by Crippen LogP contribution is -2.60. The van der Waals surface area contributed by atoms with E-state index in [2.05, 4.69) is 22.4 Å². The monoisotopic (exact) mass is 313 g/mol. The Morgan fingerprint density at radius 2 is 1.81 bits per heavy atom. The number of nitrogens with zero attached hydrogens (tertiary/aromatic N) is 1. The maximum absolute atomic E-state index is 9.84. The first-order valence-electron chi connectivity index (χ1n) is 6.22. The smallest absolute Gasteiger partial charge is 0.229 e. The largest absolute Gasteiger partial charge is 0.462 e. The third-order valence-corrected chi connectivity index (χ3v) is 3.20. The van der Waals surface area contributed by atoms with Crippen LogP contribution in [0.2, 0.25) is 0 Å². The van der Waals surface area contributed by atoms with E-state index in [-0.39, 0.29) is 0 Å². The lowest BCUT2D eigenvalue weighted by atomic mass is 9.99. The Kier molecular flexibility index (Phi) is 5.38. The number of hydrogen-bond acceptors (Lipinski definition) is 8. The molecule has 7 nitrogen and oxygen atoms in total. The van der Waals surface area contributed by atoms with Gasteiger partial charge in [-0.2, -0.15) is 4.99 Å². The second-order valence-corrected chi connectivity index (χ2v) is 4.69. The number of rotatable bonds is 4. The summed E-state index contributed by atoms with van der Waals surface area (Å²) in [5.74, 6) is 0.364. The van der Waals surface area contributed by atoms with Crippen LogP contribution in [0.4, 0.5) is 5.69 Å². The number of hydrogen-bond donors (Lipinski definition) is 4. The fraction of sp³-hybridized carbons (Fsp3) is 0.462. The first-order valence-corrected chi connectivity index (χ1v) is 6.62. The zero-order valence-corrected chi connectivity index (χ0v) is 11.7. The van der Waals surface area contributed by atoms with Crippen molar-refractivity contribution in [2.75, 3.05) is 6.61 Å². The summed E-state index contributed by atoms with van der Waals surface area (Å²) >= 11 is 4.49. The van der Waals surface area contributed by atoms with Crippen LogP contribution in [0.15, 0.2) is 29.3 Å². The summed E-state index contributed by atoms with van der Waals surface area (Å²) in [7, 11) is 0. The average Bonchev–Trinajstić information content (AvgIpc) is 2.50. The number of thiocarbonyl (C=S) groups is 1. The van der Waals surface area contributed by atoms with E-state index >= 15 is 0 Å². The number of benzene rings is 1. The number of aliphatic hydroxyl groups is 4. The minimum Gasteiger partial charge on any atom is -0.462 e. The SMILES string of the molecule is OC[C@@H]1O[C@@H](Oc2ccc(N=C=S)cc2)[C@@H](O)[C@H](O)[C@H]1O. The van der Waals surface area contributed by atoms with Crippen LogP contribution in [0, 0.1) is 0 Å². The zero-order valence-electron chi connectivity index (χ0n) is 10.9. The summed E-state index contributed by atoms with van der Waals surface area (Å²) < 4.78 is 10.6. The van der Waals surface area contributed by atoms with Crippen LogP contribution in [-0.4, -0.2) is 62.9 Å². The van der Waals surface area contributed by atoms with Crippen molar-refractivity contribution in [1.29, 1.82) is 0 Å². The molecule has 0 spiro atoms. The number of aliphatic hydroxyl groups excluding tert-OH is 4. The van der Waals surface area contributed by atoms with Gasteiger partial charge in [0.2, 0.25) is 6.29 Å². The molecule has 1 saturated heterocycles. The maximum atomic E-state index is 9.84. The van der Waals surface area contributed by atoms with E-state index in [0.717, 1.165) is 0 Å². The molecule has 0 aromatic heterocycles. The summed E-state index contributed by atoms with van der Waals surface area (Å²) in [5, 5.41) is 40.5. The standard InChI is InChI=1S/C13H15NO6S/c15-5-9-10(16)11(17)12(18)13(20-9)19-8-3-1-7(2-4-8)14-6-21/h1-4,9-13,15-18H,5H2/t9-,10-,11+,12-,13+/m0/s1. The van der Waals surface area contributed by atoms with Gasteiger partial charge in [-0.3, -0.25) is 0 Å². The molecule has 0 unspecified atom stereocenters. The summed E-state index contributed by atoms with van der Waals surface area (Å²) in [4.78, 5) is 3.78. The second-order valence-electron chi connectivity index (χ2n) is 4.51. The maximum Gasteiger partial charge on any atom is 0.229 e. The number of isothiocyanates is 1. The van der Waals surface area contributed by atoms with Crippen molar-refractivity contribution in [3.8, 4) is 5.75 Å². The van der Waals surface area contributed by atoms with Crippen LogP contribution < -0.4 is 4.74 Å². The summed E-state index contributed by atoms with van der Waals surface area (Å²) in [6, 6.07) is 6.40. The minimum absolute atomic E-state index is 0.364. The molecule has 21 heavy (non-hydrogen) atoms. The van der Waals surface area contributed by atoms with Gasteiger partial charge in [-0.1, -0.05) is 0 Å². The summed E-state index contributed by atoms with van der Waals surface area (Å²) in [5.41, 5.74) is 0.589. The molecule has 8 heteroatoms. The Morgan fingerprint density at radius 1 is 1.14 bits per heavy atom. The van der Waals surface area contributed by atoms with E-state index in [1.807, 2.05) is 0 Å². The van der Waals surface area contributed by atoms with Crippen molar-refractivity contribution >= 4 is 23.1 Å². The quantitative estimate of drug-likeness (QED) is 0.442. The Labute approximate surface area is 126 Å². The minimum atomic E-state index is -1.47. The zero-order chi connectivity index (χ0) is 15.4. The van der Waals surface area contributed by atoms with E-state index < -0.39 is 37.3 Å². The van der Waals surface area contributed by atoms with E-state index in [0.29, 0.717) is 11.4 Å². The van der Waals surface area contributed by atoms with Crippen molar-refractivity contribution < 1.29 is 29.9 Å². The molecule has 1 heterocycles. The molecule has 114 valence electrons. The van der Waals surface area contributed by atoms with Crippen LogP contribution in [-0.2, 0) is 4.74 Å². The Hall–Kier alpha value is -1.38. The second kappa shape index (κ2) is 7.06. The highest BCUT2D eigenvalue weighted by atomic mass is 32.1. The molecule has 0 bridgehead atoms. The van der Waals surface area contributed by atoms with Gasteiger partial charge in [-0.25, -0.2) is 0 Å². The fourth-order valence-electron chi connectivity index (χ4n) is 1.95. The van der Waals surface area contributed by atoms with E-state index in [4.69, 9.17) is 14.6 Å². The Bertz CT molecular complexity index is 516. The molecule has 1 fully saturated rings. The van der Waals surface area contributed by atoms with Gasteiger partial charge in [-0.15, -0.1) is 0 Å². The van der Waals surface area contributed by atoms with Gasteiger partial charge in [0.25, 0.3) is 0 Å². The Balaban J connectivity index is 2.08. The van der Waals surface area contributed by atoms with Crippen molar-refractivity contribution in [2.45, 2.75) is 30.7 Å². The van der Waals surface area contributed by atoms with Gasteiger partial charge >= 0.3 is 0 Å².